The zero-order valence-electron chi connectivity index (χ0n) is 12.4. The van der Waals surface area contributed by atoms with E-state index in [9.17, 15) is 9.59 Å². The van der Waals surface area contributed by atoms with E-state index in [1.165, 1.54) is 0 Å². The Balaban J connectivity index is 1.49. The molecule has 23 heavy (non-hydrogen) atoms. The number of benzene rings is 1. The third-order valence-electron chi connectivity index (χ3n) is 3.37. The van der Waals surface area contributed by atoms with Gasteiger partial charge in [0, 0.05) is 30.2 Å². The maximum absolute atomic E-state index is 12.1. The molecule has 2 heterocycles. The first-order valence-electron chi connectivity index (χ1n) is 7.29. The first-order chi connectivity index (χ1) is 11.2. The molecule has 0 fully saturated rings. The molecule has 0 aliphatic rings. The topological polar surface area (TPSA) is 86.9 Å². The molecule has 0 saturated carbocycles. The van der Waals surface area contributed by atoms with Crippen molar-refractivity contribution in [1.29, 1.82) is 0 Å². The average Bonchev–Trinajstić information content (AvgIpc) is 3.03. The molecule has 0 spiro atoms. The third kappa shape index (κ3) is 3.55. The smallest absolute Gasteiger partial charge is 0.269 e. The molecular formula is C17H16N4O2. The van der Waals surface area contributed by atoms with Crippen LogP contribution in [-0.2, 0) is 0 Å². The molecule has 6 heteroatoms. The number of hydrogen-bond acceptors (Lipinski definition) is 3. The second kappa shape index (κ2) is 6.74. The van der Waals surface area contributed by atoms with Crippen molar-refractivity contribution in [2.75, 3.05) is 13.1 Å². The molecule has 0 aliphatic heterocycles. The molecule has 0 radical (unpaired) electrons. The Morgan fingerprint density at radius 2 is 1.70 bits per heavy atom. The fourth-order valence-corrected chi connectivity index (χ4v) is 2.23. The summed E-state index contributed by atoms with van der Waals surface area (Å²) in [6, 6.07) is 14.6. The lowest BCUT2D eigenvalue weighted by molar-refractivity contribution is 0.0923. The van der Waals surface area contributed by atoms with Crippen molar-refractivity contribution in [2.24, 2.45) is 0 Å². The summed E-state index contributed by atoms with van der Waals surface area (Å²) in [6.45, 7) is 0.675. The zero-order chi connectivity index (χ0) is 16.1. The van der Waals surface area contributed by atoms with E-state index in [1.807, 2.05) is 24.3 Å². The van der Waals surface area contributed by atoms with E-state index >= 15 is 0 Å². The third-order valence-corrected chi connectivity index (χ3v) is 3.37. The monoisotopic (exact) mass is 308 g/mol. The second-order valence-electron chi connectivity index (χ2n) is 5.00. The minimum absolute atomic E-state index is 0.201. The van der Waals surface area contributed by atoms with E-state index in [4.69, 9.17) is 0 Å². The molecular weight excluding hydrogens is 292 g/mol. The number of para-hydroxylation sites is 1. The summed E-state index contributed by atoms with van der Waals surface area (Å²) in [5.74, 6) is -0.459. The molecule has 3 N–H and O–H groups in total. The number of carbonyl (C=O) groups excluding carboxylic acids is 2. The fourth-order valence-electron chi connectivity index (χ4n) is 2.23. The summed E-state index contributed by atoms with van der Waals surface area (Å²) in [4.78, 5) is 30.9. The minimum atomic E-state index is -0.259. The largest absolute Gasteiger partial charge is 0.351 e. The van der Waals surface area contributed by atoms with Gasteiger partial charge >= 0.3 is 0 Å². The van der Waals surface area contributed by atoms with Gasteiger partial charge in [0.15, 0.2) is 0 Å². The van der Waals surface area contributed by atoms with E-state index in [2.05, 4.69) is 20.6 Å². The number of fused-ring (bicyclic) bond motifs is 1. The molecule has 0 bridgehead atoms. The Hall–Kier alpha value is -3.15. The summed E-state index contributed by atoms with van der Waals surface area (Å²) in [6.07, 6.45) is 1.56. The fraction of sp³-hybridized carbons (Fsp3) is 0.118. The van der Waals surface area contributed by atoms with Crippen LogP contribution in [0.2, 0.25) is 0 Å². The van der Waals surface area contributed by atoms with Crippen LogP contribution < -0.4 is 10.6 Å². The first-order valence-corrected chi connectivity index (χ1v) is 7.29. The number of amides is 2. The zero-order valence-corrected chi connectivity index (χ0v) is 12.4. The van der Waals surface area contributed by atoms with Gasteiger partial charge in [-0.3, -0.25) is 14.6 Å². The maximum atomic E-state index is 12.1. The molecule has 0 aliphatic carbocycles. The highest BCUT2D eigenvalue weighted by Crippen LogP contribution is 2.14. The van der Waals surface area contributed by atoms with Gasteiger partial charge in [0.1, 0.15) is 11.4 Å². The Morgan fingerprint density at radius 1 is 0.957 bits per heavy atom. The number of aromatic nitrogens is 2. The highest BCUT2D eigenvalue weighted by molar-refractivity contribution is 5.98. The van der Waals surface area contributed by atoms with Gasteiger partial charge in [-0.25, -0.2) is 0 Å². The van der Waals surface area contributed by atoms with Crippen molar-refractivity contribution in [3.05, 3.63) is 66.1 Å². The van der Waals surface area contributed by atoms with Gasteiger partial charge in [-0.15, -0.1) is 0 Å². The standard InChI is InChI=1S/C17H16N4O2/c22-16(14-7-3-4-8-18-14)19-9-10-20-17(23)15-11-12-5-1-2-6-13(12)21-15/h1-8,11,21H,9-10H2,(H,19,22)(H,20,23). The highest BCUT2D eigenvalue weighted by atomic mass is 16.2. The van der Waals surface area contributed by atoms with E-state index in [0.717, 1.165) is 10.9 Å². The number of nitrogens with one attached hydrogen (secondary N) is 3. The predicted molar refractivity (Wildman–Crippen MR) is 87.2 cm³/mol. The number of rotatable bonds is 5. The van der Waals surface area contributed by atoms with Gasteiger partial charge < -0.3 is 15.6 Å². The average molecular weight is 308 g/mol. The van der Waals surface area contributed by atoms with Gasteiger partial charge in [-0.1, -0.05) is 24.3 Å². The lowest BCUT2D eigenvalue weighted by atomic mass is 10.2. The number of pyridine rings is 1. The normalized spacial score (nSPS) is 10.4. The van der Waals surface area contributed by atoms with Crippen LogP contribution in [0.1, 0.15) is 21.0 Å². The van der Waals surface area contributed by atoms with Crippen molar-refractivity contribution < 1.29 is 9.59 Å². The Labute approximate surface area is 132 Å². The number of H-pyrrole nitrogens is 1. The highest BCUT2D eigenvalue weighted by Gasteiger charge is 2.09. The number of carbonyl (C=O) groups is 2. The van der Waals surface area contributed by atoms with Crippen LogP contribution in [0.3, 0.4) is 0 Å². The van der Waals surface area contributed by atoms with Gasteiger partial charge in [-0.2, -0.15) is 0 Å². The lowest BCUT2D eigenvalue weighted by Crippen LogP contribution is -2.35. The van der Waals surface area contributed by atoms with Crippen LogP contribution in [0.5, 0.6) is 0 Å². The Kier molecular flexibility index (Phi) is 4.33. The second-order valence-corrected chi connectivity index (χ2v) is 5.00. The Morgan fingerprint density at radius 3 is 2.43 bits per heavy atom. The van der Waals surface area contributed by atoms with Gasteiger partial charge in [0.25, 0.3) is 11.8 Å². The molecule has 2 aromatic heterocycles. The van der Waals surface area contributed by atoms with Crippen molar-refractivity contribution in [1.82, 2.24) is 20.6 Å². The minimum Gasteiger partial charge on any atom is -0.351 e. The molecule has 0 atom stereocenters. The summed E-state index contributed by atoms with van der Waals surface area (Å²) >= 11 is 0. The molecule has 3 aromatic rings. The molecule has 0 saturated heterocycles. The molecule has 6 nitrogen and oxygen atoms in total. The van der Waals surface area contributed by atoms with Crippen molar-refractivity contribution in [3.63, 3.8) is 0 Å². The van der Waals surface area contributed by atoms with E-state index < -0.39 is 0 Å². The van der Waals surface area contributed by atoms with Crippen LogP contribution in [0, 0.1) is 0 Å². The summed E-state index contributed by atoms with van der Waals surface area (Å²) in [5.41, 5.74) is 1.78. The van der Waals surface area contributed by atoms with Gasteiger partial charge in [0.05, 0.1) is 0 Å². The molecule has 3 rings (SSSR count). The van der Waals surface area contributed by atoms with Crippen LogP contribution in [0.4, 0.5) is 0 Å². The summed E-state index contributed by atoms with van der Waals surface area (Å²) in [7, 11) is 0. The van der Waals surface area contributed by atoms with Crippen molar-refractivity contribution in [3.8, 4) is 0 Å². The van der Waals surface area contributed by atoms with E-state index in [0.29, 0.717) is 24.5 Å². The van der Waals surface area contributed by atoms with Crippen molar-refractivity contribution in [2.45, 2.75) is 0 Å². The van der Waals surface area contributed by atoms with E-state index in [1.54, 1.807) is 30.5 Å². The van der Waals surface area contributed by atoms with E-state index in [-0.39, 0.29) is 11.8 Å². The van der Waals surface area contributed by atoms with Crippen LogP contribution >= 0.6 is 0 Å². The first kappa shape index (κ1) is 14.8. The Bertz CT molecular complexity index is 794. The quantitative estimate of drug-likeness (QED) is 0.627. The van der Waals surface area contributed by atoms with Gasteiger partial charge in [-0.05, 0) is 24.3 Å². The van der Waals surface area contributed by atoms with Crippen LogP contribution in [0.15, 0.2) is 54.7 Å². The number of hydrogen-bond donors (Lipinski definition) is 3. The predicted octanol–water partition coefficient (Wildman–Crippen LogP) is 1.72. The lowest BCUT2D eigenvalue weighted by Gasteiger charge is -2.06. The summed E-state index contributed by atoms with van der Waals surface area (Å²) < 4.78 is 0. The van der Waals surface area contributed by atoms with Crippen LogP contribution in [0.25, 0.3) is 10.9 Å². The molecule has 116 valence electrons. The van der Waals surface area contributed by atoms with Gasteiger partial charge in [0.2, 0.25) is 0 Å². The molecule has 0 unspecified atom stereocenters. The number of aromatic amines is 1. The maximum Gasteiger partial charge on any atom is 0.269 e. The van der Waals surface area contributed by atoms with Crippen LogP contribution in [-0.4, -0.2) is 34.9 Å². The SMILES string of the molecule is O=C(NCCNC(=O)c1cc2ccccc2[nH]1)c1ccccn1. The van der Waals surface area contributed by atoms with Crippen molar-refractivity contribution >= 4 is 22.7 Å². The molecule has 2 amide bonds. The molecule has 1 aromatic carbocycles. The number of nitrogens with zero attached hydrogens (tertiary/aromatic N) is 1. The summed E-state index contributed by atoms with van der Waals surface area (Å²) in [5, 5.41) is 6.45.